The molecule has 1 aliphatic carbocycles. The minimum Gasteiger partial charge on any atom is -0.398 e. The molecule has 0 amide bonds. The Morgan fingerprint density at radius 1 is 1.04 bits per heavy atom. The second-order valence-corrected chi connectivity index (χ2v) is 6.45. The lowest BCUT2D eigenvalue weighted by atomic mass is 10.0. The van der Waals surface area contributed by atoms with Crippen LogP contribution in [0.2, 0.25) is 0 Å². The Hall–Kier alpha value is -2.26. The summed E-state index contributed by atoms with van der Waals surface area (Å²) in [6.45, 7) is 0. The number of aromatic nitrogens is 1. The summed E-state index contributed by atoms with van der Waals surface area (Å²) < 4.78 is 0. The van der Waals surface area contributed by atoms with Gasteiger partial charge in [0.15, 0.2) is 0 Å². The number of benzene rings is 2. The third-order valence-electron chi connectivity index (χ3n) is 4.44. The van der Waals surface area contributed by atoms with Crippen LogP contribution in [0.1, 0.15) is 28.8 Å². The number of fused-ring (bicyclic) bond motifs is 2. The second kappa shape index (κ2) is 5.74. The van der Waals surface area contributed by atoms with Crippen molar-refractivity contribution in [3.63, 3.8) is 0 Å². The fourth-order valence-corrected chi connectivity index (χ4v) is 3.54. The molecule has 0 atom stereocenters. The van der Waals surface area contributed by atoms with Crippen molar-refractivity contribution in [1.82, 2.24) is 4.98 Å². The number of pyridine rings is 1. The highest BCUT2D eigenvalue weighted by Crippen LogP contribution is 2.28. The number of hydrogen-bond donors (Lipinski definition) is 2. The summed E-state index contributed by atoms with van der Waals surface area (Å²) in [6.07, 6.45) is 5.32. The molecule has 0 bridgehead atoms. The van der Waals surface area contributed by atoms with Gasteiger partial charge < -0.3 is 5.73 Å². The van der Waals surface area contributed by atoms with Crippen LogP contribution in [-0.2, 0) is 12.8 Å². The van der Waals surface area contributed by atoms with E-state index in [-0.39, 0.29) is 0 Å². The van der Waals surface area contributed by atoms with Crippen molar-refractivity contribution in [2.75, 3.05) is 0 Å². The molecule has 0 radical (unpaired) electrons. The maximum absolute atomic E-state index is 6.34. The van der Waals surface area contributed by atoms with E-state index in [4.69, 9.17) is 5.73 Å². The average Bonchev–Trinajstić information content (AvgIpc) is 3.01. The molecule has 2 N–H and O–H groups in total. The molecule has 0 aliphatic heterocycles. The fraction of sp³-hybridized carbons (Fsp3) is 0.150. The minimum absolute atomic E-state index is 0.715. The lowest BCUT2D eigenvalue weighted by Crippen LogP contribution is -2.02. The molecule has 0 unspecified atom stereocenters. The Kier molecular flexibility index (Phi) is 3.58. The maximum atomic E-state index is 6.34. The average molecular weight is 318 g/mol. The van der Waals surface area contributed by atoms with Gasteiger partial charge in [-0.2, -0.15) is 0 Å². The van der Waals surface area contributed by atoms with Crippen molar-refractivity contribution in [1.29, 1.82) is 0 Å². The molecule has 1 heterocycles. The van der Waals surface area contributed by atoms with Crippen LogP contribution in [-0.4, -0.2) is 4.98 Å². The van der Waals surface area contributed by atoms with Crippen LogP contribution in [0.4, 0.5) is 0 Å². The molecular weight excluding hydrogens is 300 g/mol. The topological polar surface area (TPSA) is 38.9 Å². The smallest absolute Gasteiger partial charge is 0.103 e. The van der Waals surface area contributed by atoms with Crippen LogP contribution >= 0.6 is 12.6 Å². The summed E-state index contributed by atoms with van der Waals surface area (Å²) in [4.78, 5) is 4.61. The quantitative estimate of drug-likeness (QED) is 0.684. The zero-order valence-electron chi connectivity index (χ0n) is 12.8. The van der Waals surface area contributed by atoms with Crippen molar-refractivity contribution < 1.29 is 0 Å². The monoisotopic (exact) mass is 318 g/mol. The predicted molar refractivity (Wildman–Crippen MR) is 99.5 cm³/mol. The molecule has 1 aliphatic rings. The van der Waals surface area contributed by atoms with Gasteiger partial charge in [0.05, 0.1) is 0 Å². The Balaban J connectivity index is 1.75. The molecule has 0 spiro atoms. The number of nitrogens with two attached hydrogens (primary N) is 1. The molecule has 2 aromatic carbocycles. The number of rotatable bonds is 2. The largest absolute Gasteiger partial charge is 0.398 e. The molecule has 3 aromatic rings. The highest BCUT2D eigenvalue weighted by atomic mass is 32.1. The van der Waals surface area contributed by atoms with Crippen molar-refractivity contribution in [2.24, 2.45) is 5.73 Å². The predicted octanol–water partition coefficient (Wildman–Crippen LogP) is 4.47. The van der Waals surface area contributed by atoms with E-state index in [9.17, 15) is 0 Å². The zero-order valence-corrected chi connectivity index (χ0v) is 13.7. The van der Waals surface area contributed by atoms with Crippen LogP contribution in [0.25, 0.3) is 22.5 Å². The van der Waals surface area contributed by atoms with E-state index in [1.54, 1.807) is 0 Å². The Morgan fingerprint density at radius 2 is 1.87 bits per heavy atom. The van der Waals surface area contributed by atoms with Crippen LogP contribution in [0.5, 0.6) is 0 Å². The third kappa shape index (κ3) is 2.73. The van der Waals surface area contributed by atoms with Crippen LogP contribution in [0.3, 0.4) is 0 Å². The minimum atomic E-state index is 0.715. The highest BCUT2D eigenvalue weighted by Gasteiger charge is 2.16. The SMILES string of the molecule is N/C(=C\c1ccc2ccccc2c1)c1cc2c(nc1S)CCC2. The lowest BCUT2D eigenvalue weighted by molar-refractivity contribution is 0.891. The summed E-state index contributed by atoms with van der Waals surface area (Å²) in [6, 6.07) is 16.9. The Morgan fingerprint density at radius 3 is 2.74 bits per heavy atom. The number of thiol groups is 1. The fourth-order valence-electron chi connectivity index (χ4n) is 3.23. The van der Waals surface area contributed by atoms with Crippen molar-refractivity contribution in [3.05, 3.63) is 70.9 Å². The first-order chi connectivity index (χ1) is 11.2. The summed E-state index contributed by atoms with van der Waals surface area (Å²) in [7, 11) is 0. The van der Waals surface area contributed by atoms with Gasteiger partial charge in [0.1, 0.15) is 5.03 Å². The molecule has 0 saturated heterocycles. The van der Waals surface area contributed by atoms with Gasteiger partial charge >= 0.3 is 0 Å². The van der Waals surface area contributed by atoms with Gasteiger partial charge in [-0.05, 0) is 59.4 Å². The summed E-state index contributed by atoms with van der Waals surface area (Å²) in [5, 5.41) is 3.17. The molecule has 1 aromatic heterocycles. The van der Waals surface area contributed by atoms with Crippen LogP contribution < -0.4 is 5.73 Å². The van der Waals surface area contributed by atoms with Crippen molar-refractivity contribution in [2.45, 2.75) is 24.3 Å². The second-order valence-electron chi connectivity index (χ2n) is 6.03. The standard InChI is InChI=1S/C20H18N2S/c21-18(17-12-16-6-3-7-19(16)22-20(17)23)11-13-8-9-14-4-1-2-5-15(14)10-13/h1-2,4-5,8-12H,3,6-7,21H2,(H,22,23)/b18-11-. The molecule has 114 valence electrons. The maximum Gasteiger partial charge on any atom is 0.103 e. The number of aryl methyl sites for hydroxylation is 2. The van der Waals surface area contributed by atoms with Gasteiger partial charge in [-0.25, -0.2) is 4.98 Å². The highest BCUT2D eigenvalue weighted by molar-refractivity contribution is 7.80. The summed E-state index contributed by atoms with van der Waals surface area (Å²) in [5.74, 6) is 0. The van der Waals surface area contributed by atoms with Crippen LogP contribution in [0.15, 0.2) is 53.6 Å². The van der Waals surface area contributed by atoms with Gasteiger partial charge in [0.25, 0.3) is 0 Å². The Labute approximate surface area is 141 Å². The Bertz CT molecular complexity index is 928. The normalized spacial score (nSPS) is 14.2. The lowest BCUT2D eigenvalue weighted by Gasteiger charge is -2.09. The summed E-state index contributed by atoms with van der Waals surface area (Å²) >= 11 is 4.53. The summed E-state index contributed by atoms with van der Waals surface area (Å²) in [5.41, 5.74) is 11.6. The first-order valence-electron chi connectivity index (χ1n) is 7.89. The third-order valence-corrected chi connectivity index (χ3v) is 4.78. The van der Waals surface area contributed by atoms with Crippen molar-refractivity contribution in [3.8, 4) is 0 Å². The molecule has 3 heteroatoms. The van der Waals surface area contributed by atoms with Gasteiger partial charge in [-0.1, -0.05) is 36.4 Å². The van der Waals surface area contributed by atoms with Gasteiger partial charge in [-0.15, -0.1) is 12.6 Å². The molecule has 0 fully saturated rings. The zero-order chi connectivity index (χ0) is 15.8. The van der Waals surface area contributed by atoms with E-state index in [0.29, 0.717) is 5.70 Å². The van der Waals surface area contributed by atoms with Crippen molar-refractivity contribution >= 4 is 35.2 Å². The molecule has 23 heavy (non-hydrogen) atoms. The number of nitrogens with zero attached hydrogens (tertiary/aromatic N) is 1. The van der Waals surface area contributed by atoms with Gasteiger partial charge in [-0.3, -0.25) is 0 Å². The molecular formula is C20H18N2S. The van der Waals surface area contributed by atoms with E-state index >= 15 is 0 Å². The van der Waals surface area contributed by atoms with E-state index in [1.165, 1.54) is 28.5 Å². The molecule has 0 saturated carbocycles. The van der Waals surface area contributed by atoms with E-state index < -0.39 is 0 Å². The van der Waals surface area contributed by atoms with Gasteiger partial charge in [0.2, 0.25) is 0 Å². The molecule has 4 rings (SSSR count). The number of hydrogen-bond acceptors (Lipinski definition) is 3. The first-order valence-corrected chi connectivity index (χ1v) is 8.33. The van der Waals surface area contributed by atoms with Crippen LogP contribution in [0, 0.1) is 0 Å². The van der Waals surface area contributed by atoms with E-state index in [2.05, 4.69) is 66.1 Å². The van der Waals surface area contributed by atoms with E-state index in [1.807, 2.05) is 6.08 Å². The first kappa shape index (κ1) is 14.3. The van der Waals surface area contributed by atoms with Gasteiger partial charge in [0, 0.05) is 17.0 Å². The molecule has 2 nitrogen and oxygen atoms in total. The van der Waals surface area contributed by atoms with E-state index in [0.717, 1.165) is 29.0 Å².